The first-order valence-electron chi connectivity index (χ1n) is 8.94. The van der Waals surface area contributed by atoms with E-state index in [0.29, 0.717) is 12.0 Å². The minimum absolute atomic E-state index is 0.00830. The van der Waals surface area contributed by atoms with Crippen LogP contribution in [0.5, 0.6) is 0 Å². The fourth-order valence-corrected chi connectivity index (χ4v) is 3.41. The first kappa shape index (κ1) is 23.6. The first-order chi connectivity index (χ1) is 14.3. The number of carbonyl (C=O) groups excluding carboxylic acids is 3. The maximum atomic E-state index is 12.4. The van der Waals surface area contributed by atoms with Gasteiger partial charge in [0, 0.05) is 35.3 Å². The second kappa shape index (κ2) is 11.5. The molecule has 2 rings (SSSR count). The van der Waals surface area contributed by atoms with Crippen LogP contribution in [-0.2, 0) is 14.4 Å². The molecule has 0 aliphatic rings. The zero-order chi connectivity index (χ0) is 22.1. The van der Waals surface area contributed by atoms with Crippen LogP contribution in [0.25, 0.3) is 0 Å². The van der Waals surface area contributed by atoms with Crippen LogP contribution in [-0.4, -0.2) is 41.8 Å². The molecular formula is C21H20ClNO6S. The Morgan fingerprint density at radius 1 is 1.07 bits per heavy atom. The van der Waals surface area contributed by atoms with Crippen molar-refractivity contribution >= 4 is 46.8 Å². The third kappa shape index (κ3) is 6.98. The van der Waals surface area contributed by atoms with Crippen LogP contribution in [0, 0.1) is 0 Å². The molecule has 7 nitrogen and oxygen atoms in total. The number of Topliss-reactive ketones (excluding diaryl/α,β-unsaturated/α-hetero) is 1. The summed E-state index contributed by atoms with van der Waals surface area (Å²) in [6.45, 7) is 2.75. The standard InChI is InChI=1S/C21H20ClNO6S/c1-13(23-29-14(2)25)20(26)18-9-8-17(12-19(18)22)30-16-6-4-15(5-7-16)21(27)28-11-3-10-24/h4-9,12,24H,3,10-11H2,1-2H3/b23-13+. The van der Waals surface area contributed by atoms with Crippen molar-refractivity contribution < 1.29 is 29.1 Å². The molecule has 0 saturated heterocycles. The molecule has 0 radical (unpaired) electrons. The smallest absolute Gasteiger partial charge is 0.338 e. The SMILES string of the molecule is CC(=O)O/N=C(\C)C(=O)c1ccc(Sc2ccc(C(=O)OCCCO)cc2)cc1Cl. The predicted molar refractivity (Wildman–Crippen MR) is 113 cm³/mol. The molecule has 0 unspecified atom stereocenters. The quantitative estimate of drug-likeness (QED) is 0.153. The maximum Gasteiger partial charge on any atom is 0.338 e. The van der Waals surface area contributed by atoms with Gasteiger partial charge >= 0.3 is 11.9 Å². The Balaban J connectivity index is 2.05. The van der Waals surface area contributed by atoms with Crippen LogP contribution in [0.3, 0.4) is 0 Å². The first-order valence-corrected chi connectivity index (χ1v) is 10.1. The summed E-state index contributed by atoms with van der Waals surface area (Å²) < 4.78 is 5.04. The van der Waals surface area contributed by atoms with E-state index in [1.54, 1.807) is 42.5 Å². The van der Waals surface area contributed by atoms with Crippen molar-refractivity contribution in [1.29, 1.82) is 0 Å². The molecule has 2 aromatic rings. The summed E-state index contributed by atoms with van der Waals surface area (Å²) in [4.78, 5) is 41.2. The van der Waals surface area contributed by atoms with Crippen molar-refractivity contribution in [1.82, 2.24) is 0 Å². The topological polar surface area (TPSA) is 102 Å². The molecule has 0 amide bonds. The zero-order valence-corrected chi connectivity index (χ0v) is 18.0. The minimum Gasteiger partial charge on any atom is -0.462 e. The molecule has 158 valence electrons. The highest BCUT2D eigenvalue weighted by atomic mass is 35.5. The number of aliphatic hydroxyl groups excluding tert-OH is 1. The van der Waals surface area contributed by atoms with Gasteiger partial charge in [0.25, 0.3) is 0 Å². The Bertz CT molecular complexity index is 958. The monoisotopic (exact) mass is 449 g/mol. The highest BCUT2D eigenvalue weighted by Gasteiger charge is 2.15. The number of ether oxygens (including phenoxy) is 1. The third-order valence-corrected chi connectivity index (χ3v) is 5.00. The molecule has 0 aromatic heterocycles. The summed E-state index contributed by atoms with van der Waals surface area (Å²) in [5, 5.41) is 12.4. The van der Waals surface area contributed by atoms with Crippen LogP contribution in [0.1, 0.15) is 41.0 Å². The van der Waals surface area contributed by atoms with Crippen LogP contribution >= 0.6 is 23.4 Å². The van der Waals surface area contributed by atoms with Crippen molar-refractivity contribution in [3.8, 4) is 0 Å². The highest BCUT2D eigenvalue weighted by Crippen LogP contribution is 2.31. The lowest BCUT2D eigenvalue weighted by Crippen LogP contribution is -2.12. The van der Waals surface area contributed by atoms with Gasteiger partial charge in [-0.05, 0) is 49.4 Å². The number of rotatable bonds is 9. The number of aliphatic hydroxyl groups is 1. The van der Waals surface area contributed by atoms with Gasteiger partial charge in [0.1, 0.15) is 5.71 Å². The average Bonchev–Trinajstić information content (AvgIpc) is 2.72. The largest absolute Gasteiger partial charge is 0.462 e. The van der Waals surface area contributed by atoms with Gasteiger partial charge in [-0.25, -0.2) is 9.59 Å². The number of hydrogen-bond donors (Lipinski definition) is 1. The Morgan fingerprint density at radius 2 is 1.73 bits per heavy atom. The van der Waals surface area contributed by atoms with E-state index in [4.69, 9.17) is 21.4 Å². The van der Waals surface area contributed by atoms with E-state index in [1.165, 1.54) is 25.6 Å². The number of nitrogens with zero attached hydrogens (tertiary/aromatic N) is 1. The van der Waals surface area contributed by atoms with Gasteiger partial charge < -0.3 is 14.7 Å². The Morgan fingerprint density at radius 3 is 2.33 bits per heavy atom. The van der Waals surface area contributed by atoms with E-state index in [2.05, 4.69) is 9.99 Å². The number of ketones is 1. The van der Waals surface area contributed by atoms with E-state index in [9.17, 15) is 14.4 Å². The van der Waals surface area contributed by atoms with E-state index < -0.39 is 17.7 Å². The van der Waals surface area contributed by atoms with Crippen LogP contribution in [0.15, 0.2) is 57.4 Å². The van der Waals surface area contributed by atoms with E-state index in [-0.39, 0.29) is 29.5 Å². The van der Waals surface area contributed by atoms with Gasteiger partial charge in [-0.2, -0.15) is 0 Å². The summed E-state index contributed by atoms with van der Waals surface area (Å²) >= 11 is 7.65. The van der Waals surface area contributed by atoms with Crippen molar-refractivity contribution in [2.75, 3.05) is 13.2 Å². The summed E-state index contributed by atoms with van der Waals surface area (Å²) in [5.41, 5.74) is 0.670. The fourth-order valence-electron chi connectivity index (χ4n) is 2.22. The van der Waals surface area contributed by atoms with E-state index in [0.717, 1.165) is 9.79 Å². The predicted octanol–water partition coefficient (Wildman–Crippen LogP) is 4.15. The van der Waals surface area contributed by atoms with Gasteiger partial charge in [-0.1, -0.05) is 28.5 Å². The number of carbonyl (C=O) groups is 3. The molecule has 0 fully saturated rings. The Hall–Kier alpha value is -2.68. The van der Waals surface area contributed by atoms with Crippen molar-refractivity contribution in [2.45, 2.75) is 30.1 Å². The van der Waals surface area contributed by atoms with Crippen molar-refractivity contribution in [2.24, 2.45) is 5.16 Å². The lowest BCUT2D eigenvalue weighted by molar-refractivity contribution is -0.140. The van der Waals surface area contributed by atoms with E-state index in [1.807, 2.05) is 0 Å². The van der Waals surface area contributed by atoms with Crippen LogP contribution in [0.2, 0.25) is 5.02 Å². The second-order valence-corrected chi connectivity index (χ2v) is 7.62. The summed E-state index contributed by atoms with van der Waals surface area (Å²) in [6, 6.07) is 11.8. The molecule has 0 aliphatic carbocycles. The lowest BCUT2D eigenvalue weighted by atomic mass is 10.1. The van der Waals surface area contributed by atoms with Gasteiger partial charge in [0.15, 0.2) is 0 Å². The van der Waals surface area contributed by atoms with Crippen LogP contribution in [0.4, 0.5) is 0 Å². The lowest BCUT2D eigenvalue weighted by Gasteiger charge is -2.07. The molecule has 0 spiro atoms. The molecule has 0 saturated carbocycles. The van der Waals surface area contributed by atoms with Gasteiger partial charge in [0.2, 0.25) is 5.78 Å². The molecular weight excluding hydrogens is 430 g/mol. The number of halogens is 1. The third-order valence-electron chi connectivity index (χ3n) is 3.69. The Labute approximate surface area is 183 Å². The number of benzene rings is 2. The summed E-state index contributed by atoms with van der Waals surface area (Å²) in [6.07, 6.45) is 0.397. The van der Waals surface area contributed by atoms with Gasteiger partial charge in [0.05, 0.1) is 17.2 Å². The fraction of sp³-hybridized carbons (Fsp3) is 0.238. The number of esters is 1. The second-order valence-electron chi connectivity index (χ2n) is 6.07. The molecule has 9 heteroatoms. The molecule has 2 aromatic carbocycles. The normalized spacial score (nSPS) is 11.1. The van der Waals surface area contributed by atoms with Gasteiger partial charge in [-0.15, -0.1) is 0 Å². The molecule has 0 aliphatic heterocycles. The maximum absolute atomic E-state index is 12.4. The molecule has 30 heavy (non-hydrogen) atoms. The highest BCUT2D eigenvalue weighted by molar-refractivity contribution is 7.99. The minimum atomic E-state index is -0.621. The summed E-state index contributed by atoms with van der Waals surface area (Å²) in [7, 11) is 0. The van der Waals surface area contributed by atoms with Crippen molar-refractivity contribution in [3.05, 3.63) is 58.6 Å². The average molecular weight is 450 g/mol. The van der Waals surface area contributed by atoms with Crippen LogP contribution < -0.4 is 0 Å². The number of oxime groups is 1. The molecule has 0 atom stereocenters. The summed E-state index contributed by atoms with van der Waals surface area (Å²) in [5.74, 6) is -1.51. The van der Waals surface area contributed by atoms with Gasteiger partial charge in [-0.3, -0.25) is 4.79 Å². The van der Waals surface area contributed by atoms with Crippen molar-refractivity contribution in [3.63, 3.8) is 0 Å². The number of hydrogen-bond acceptors (Lipinski definition) is 8. The molecule has 0 bridgehead atoms. The molecule has 1 N–H and O–H groups in total. The molecule has 0 heterocycles. The Kier molecular flexibility index (Phi) is 9.04. The zero-order valence-electron chi connectivity index (χ0n) is 16.4. The van der Waals surface area contributed by atoms with E-state index >= 15 is 0 Å².